The number of aromatic nitrogens is 3. The third-order valence-corrected chi connectivity index (χ3v) is 4.16. The summed E-state index contributed by atoms with van der Waals surface area (Å²) in [6.07, 6.45) is 1.77. The molecule has 120 valence electrons. The number of nitrogens with zero attached hydrogens (tertiary/aromatic N) is 4. The van der Waals surface area contributed by atoms with Crippen LogP contribution in [0.1, 0.15) is 18.3 Å². The van der Waals surface area contributed by atoms with Crippen molar-refractivity contribution in [1.82, 2.24) is 25.0 Å². The summed E-state index contributed by atoms with van der Waals surface area (Å²) in [4.78, 5) is 4.55. The van der Waals surface area contributed by atoms with E-state index in [1.807, 2.05) is 42.4 Å². The molecule has 0 unspecified atom stereocenters. The van der Waals surface area contributed by atoms with Gasteiger partial charge in [-0.25, -0.2) is 4.99 Å². The molecule has 0 spiro atoms. The highest BCUT2D eigenvalue weighted by Crippen LogP contribution is 2.25. The molecular formula is C14H20Cl2N6. The Morgan fingerprint density at radius 1 is 1.27 bits per heavy atom. The van der Waals surface area contributed by atoms with E-state index in [1.54, 1.807) is 6.20 Å². The van der Waals surface area contributed by atoms with Crippen molar-refractivity contribution < 1.29 is 0 Å². The maximum Gasteiger partial charge on any atom is 0.191 e. The fourth-order valence-electron chi connectivity index (χ4n) is 1.99. The van der Waals surface area contributed by atoms with Crippen LogP contribution in [0.3, 0.4) is 0 Å². The van der Waals surface area contributed by atoms with E-state index in [4.69, 9.17) is 23.2 Å². The van der Waals surface area contributed by atoms with Crippen molar-refractivity contribution in [3.8, 4) is 0 Å². The van der Waals surface area contributed by atoms with Gasteiger partial charge >= 0.3 is 0 Å². The molecule has 0 atom stereocenters. The molecule has 0 saturated heterocycles. The Hall–Kier alpha value is -1.66. The number of aryl methyl sites for hydroxylation is 1. The molecule has 2 aromatic rings. The highest BCUT2D eigenvalue weighted by Gasteiger charge is 2.08. The van der Waals surface area contributed by atoms with Crippen molar-refractivity contribution in [2.24, 2.45) is 19.1 Å². The van der Waals surface area contributed by atoms with Crippen LogP contribution in [0.15, 0.2) is 23.3 Å². The Balaban J connectivity index is 2.03. The minimum Gasteiger partial charge on any atom is -0.357 e. The van der Waals surface area contributed by atoms with Crippen LogP contribution >= 0.6 is 23.2 Å². The molecule has 0 bridgehead atoms. The van der Waals surface area contributed by atoms with Crippen LogP contribution in [-0.4, -0.2) is 26.9 Å². The zero-order valence-corrected chi connectivity index (χ0v) is 14.4. The van der Waals surface area contributed by atoms with Crippen molar-refractivity contribution in [1.29, 1.82) is 0 Å². The normalized spacial score (nSPS) is 11.8. The zero-order chi connectivity index (χ0) is 16.1. The van der Waals surface area contributed by atoms with Gasteiger partial charge in [-0.05, 0) is 19.1 Å². The van der Waals surface area contributed by atoms with Crippen molar-refractivity contribution in [2.75, 3.05) is 6.54 Å². The van der Waals surface area contributed by atoms with Crippen LogP contribution in [0, 0.1) is 0 Å². The molecule has 2 rings (SSSR count). The molecule has 2 aromatic heterocycles. The number of nitrogens with one attached hydrogen (secondary N) is 2. The predicted octanol–water partition coefficient (Wildman–Crippen LogP) is 2.32. The van der Waals surface area contributed by atoms with Gasteiger partial charge in [0.05, 0.1) is 23.8 Å². The molecule has 0 aliphatic carbocycles. The molecule has 0 amide bonds. The molecule has 2 N–H and O–H groups in total. The Kier molecular flexibility index (Phi) is 5.74. The number of aliphatic imine (C=N–C) groups is 1. The van der Waals surface area contributed by atoms with E-state index in [1.165, 1.54) is 0 Å². The first-order chi connectivity index (χ1) is 10.5. The molecule has 0 aromatic carbocycles. The Bertz CT molecular complexity index is 658. The predicted molar refractivity (Wildman–Crippen MR) is 90.3 cm³/mol. The summed E-state index contributed by atoms with van der Waals surface area (Å²) in [6.45, 7) is 3.95. The van der Waals surface area contributed by atoms with Crippen LogP contribution in [0.25, 0.3) is 0 Å². The molecule has 0 radical (unpaired) electrons. The fraction of sp³-hybridized carbons (Fsp3) is 0.429. The van der Waals surface area contributed by atoms with E-state index in [0.717, 1.165) is 23.9 Å². The van der Waals surface area contributed by atoms with Crippen molar-refractivity contribution in [3.63, 3.8) is 0 Å². The van der Waals surface area contributed by atoms with Gasteiger partial charge in [0.25, 0.3) is 0 Å². The molecule has 0 fully saturated rings. The van der Waals surface area contributed by atoms with E-state index in [2.05, 4.69) is 20.7 Å². The van der Waals surface area contributed by atoms with Crippen molar-refractivity contribution in [3.05, 3.63) is 39.9 Å². The third-order valence-electron chi connectivity index (χ3n) is 3.32. The number of hydrogen-bond donors (Lipinski definition) is 2. The third kappa shape index (κ3) is 3.96. The SMILES string of the molecule is CCNC(=NCc1cc(Cl)c(Cl)n1C)NCc1ccnn1C. The van der Waals surface area contributed by atoms with Gasteiger partial charge in [0, 0.05) is 32.5 Å². The zero-order valence-electron chi connectivity index (χ0n) is 12.9. The minimum atomic E-state index is 0.490. The maximum absolute atomic E-state index is 6.06. The van der Waals surface area contributed by atoms with E-state index >= 15 is 0 Å². The number of guanidine groups is 1. The standard InChI is InChI=1S/C14H20Cl2N6/c1-4-17-14(18-8-10-5-6-20-22(10)3)19-9-11-7-12(15)13(16)21(11)2/h5-7H,4,8-9H2,1-3H3,(H2,17,18,19). The average molecular weight is 343 g/mol. The first kappa shape index (κ1) is 16.7. The minimum absolute atomic E-state index is 0.490. The van der Waals surface area contributed by atoms with E-state index in [0.29, 0.717) is 23.3 Å². The lowest BCUT2D eigenvalue weighted by atomic mass is 10.4. The van der Waals surface area contributed by atoms with Gasteiger partial charge < -0.3 is 15.2 Å². The van der Waals surface area contributed by atoms with Gasteiger partial charge in [-0.2, -0.15) is 5.10 Å². The van der Waals surface area contributed by atoms with Gasteiger partial charge in [0.15, 0.2) is 5.96 Å². The van der Waals surface area contributed by atoms with Crippen LogP contribution in [0.2, 0.25) is 10.2 Å². The quantitative estimate of drug-likeness (QED) is 0.647. The first-order valence-electron chi connectivity index (χ1n) is 7.01. The van der Waals surface area contributed by atoms with E-state index in [-0.39, 0.29) is 0 Å². The van der Waals surface area contributed by atoms with Crippen LogP contribution in [0.4, 0.5) is 0 Å². The topological polar surface area (TPSA) is 59.2 Å². The second kappa shape index (κ2) is 7.56. The molecule has 0 saturated carbocycles. The summed E-state index contributed by atoms with van der Waals surface area (Å²) in [5, 5.41) is 11.7. The Morgan fingerprint density at radius 3 is 2.59 bits per heavy atom. The monoisotopic (exact) mass is 342 g/mol. The average Bonchev–Trinajstić information content (AvgIpc) is 3.01. The lowest BCUT2D eigenvalue weighted by molar-refractivity contribution is 0.684. The fourth-order valence-corrected chi connectivity index (χ4v) is 2.41. The van der Waals surface area contributed by atoms with Gasteiger partial charge in [0.1, 0.15) is 5.15 Å². The second-order valence-electron chi connectivity index (χ2n) is 4.83. The lowest BCUT2D eigenvalue weighted by Crippen LogP contribution is -2.37. The van der Waals surface area contributed by atoms with Gasteiger partial charge in [-0.15, -0.1) is 0 Å². The first-order valence-corrected chi connectivity index (χ1v) is 7.77. The second-order valence-corrected chi connectivity index (χ2v) is 5.59. The summed E-state index contributed by atoms with van der Waals surface area (Å²) >= 11 is 12.1. The molecular weight excluding hydrogens is 323 g/mol. The van der Waals surface area contributed by atoms with Crippen molar-refractivity contribution in [2.45, 2.75) is 20.0 Å². The summed E-state index contributed by atoms with van der Waals surface area (Å²) in [5.41, 5.74) is 2.03. The van der Waals surface area contributed by atoms with Gasteiger partial charge in [-0.1, -0.05) is 23.2 Å². The van der Waals surface area contributed by atoms with Crippen molar-refractivity contribution >= 4 is 29.2 Å². The summed E-state index contributed by atoms with van der Waals surface area (Å²) in [6, 6.07) is 3.80. The number of halogens is 2. The van der Waals surface area contributed by atoms with E-state index in [9.17, 15) is 0 Å². The largest absolute Gasteiger partial charge is 0.357 e. The summed E-state index contributed by atoms with van der Waals surface area (Å²) in [5.74, 6) is 0.733. The van der Waals surface area contributed by atoms with Gasteiger partial charge in [0.2, 0.25) is 0 Å². The van der Waals surface area contributed by atoms with Crippen LogP contribution in [0.5, 0.6) is 0 Å². The number of rotatable bonds is 5. The highest BCUT2D eigenvalue weighted by molar-refractivity contribution is 6.41. The Labute approximate surface area is 140 Å². The number of hydrogen-bond acceptors (Lipinski definition) is 2. The highest BCUT2D eigenvalue weighted by atomic mass is 35.5. The molecule has 8 heteroatoms. The van der Waals surface area contributed by atoms with E-state index < -0.39 is 0 Å². The summed E-state index contributed by atoms with van der Waals surface area (Å²) < 4.78 is 3.66. The van der Waals surface area contributed by atoms with Crippen LogP contribution in [-0.2, 0) is 27.2 Å². The molecule has 6 nitrogen and oxygen atoms in total. The lowest BCUT2D eigenvalue weighted by Gasteiger charge is -2.11. The smallest absolute Gasteiger partial charge is 0.191 e. The molecule has 0 aliphatic rings. The molecule has 0 aliphatic heterocycles. The molecule has 2 heterocycles. The van der Waals surface area contributed by atoms with Gasteiger partial charge in [-0.3, -0.25) is 4.68 Å². The Morgan fingerprint density at radius 2 is 2.05 bits per heavy atom. The van der Waals surface area contributed by atoms with Crippen LogP contribution < -0.4 is 10.6 Å². The maximum atomic E-state index is 6.06. The molecule has 22 heavy (non-hydrogen) atoms. The summed E-state index contributed by atoms with van der Waals surface area (Å²) in [7, 11) is 3.78.